The summed E-state index contributed by atoms with van der Waals surface area (Å²) in [6.07, 6.45) is -0.319. The fraction of sp³-hybridized carbons (Fsp3) is 0.286. The van der Waals surface area contributed by atoms with Crippen LogP contribution in [-0.2, 0) is 4.74 Å². The Morgan fingerprint density at radius 3 is 2.85 bits per heavy atom. The van der Waals surface area contributed by atoms with E-state index in [0.717, 1.165) is 5.56 Å². The average molecular weight is 295 g/mol. The highest BCUT2D eigenvalue weighted by Crippen LogP contribution is 2.24. The number of nitrogens with one attached hydrogen (secondary N) is 1. The third-order valence-corrected chi connectivity index (χ3v) is 3.19. The second kappa shape index (κ2) is 6.54. The summed E-state index contributed by atoms with van der Waals surface area (Å²) in [5.74, 6) is 0.278. The first-order chi connectivity index (χ1) is 9.61. The molecule has 0 aliphatic carbocycles. The van der Waals surface area contributed by atoms with Crippen molar-refractivity contribution in [1.29, 1.82) is 0 Å². The molecule has 1 aromatic carbocycles. The van der Waals surface area contributed by atoms with Crippen LogP contribution in [0.3, 0.4) is 0 Å². The second-order valence-corrected chi connectivity index (χ2v) is 4.69. The molecule has 1 atom stereocenters. The molecule has 0 aliphatic heterocycles. The van der Waals surface area contributed by atoms with E-state index in [0.29, 0.717) is 17.3 Å². The Hall–Kier alpha value is -1.85. The monoisotopic (exact) mass is 294 g/mol. The third kappa shape index (κ3) is 3.37. The predicted molar refractivity (Wildman–Crippen MR) is 74.8 cm³/mol. The van der Waals surface area contributed by atoms with Gasteiger partial charge in [0.15, 0.2) is 5.69 Å². The van der Waals surface area contributed by atoms with Crippen molar-refractivity contribution in [3.05, 3.63) is 52.4 Å². The summed E-state index contributed by atoms with van der Waals surface area (Å²) in [7, 11) is 1.57. The van der Waals surface area contributed by atoms with Crippen LogP contribution in [-0.4, -0.2) is 24.7 Å². The molecule has 106 valence electrons. The predicted octanol–water partition coefficient (Wildman–Crippen LogP) is 2.75. The number of aryl methyl sites for hydroxylation is 1. The van der Waals surface area contributed by atoms with Crippen molar-refractivity contribution in [3.8, 4) is 0 Å². The quantitative estimate of drug-likeness (QED) is 0.921. The molecule has 0 aliphatic rings. The summed E-state index contributed by atoms with van der Waals surface area (Å²) in [5.41, 5.74) is 1.07. The first-order valence-electron chi connectivity index (χ1n) is 6.10. The van der Waals surface area contributed by atoms with Crippen molar-refractivity contribution in [2.24, 2.45) is 0 Å². The van der Waals surface area contributed by atoms with Gasteiger partial charge in [0.1, 0.15) is 11.9 Å². The van der Waals surface area contributed by atoms with Crippen LogP contribution in [0.5, 0.6) is 0 Å². The van der Waals surface area contributed by atoms with Gasteiger partial charge in [0.2, 0.25) is 0 Å². The molecule has 0 radical (unpaired) electrons. The van der Waals surface area contributed by atoms with Crippen LogP contribution >= 0.6 is 11.6 Å². The fourth-order valence-corrected chi connectivity index (χ4v) is 2.06. The van der Waals surface area contributed by atoms with Gasteiger partial charge in [0, 0.05) is 30.3 Å². The van der Waals surface area contributed by atoms with E-state index in [2.05, 4.69) is 10.5 Å². The van der Waals surface area contributed by atoms with Crippen molar-refractivity contribution in [3.63, 3.8) is 0 Å². The van der Waals surface area contributed by atoms with Gasteiger partial charge >= 0.3 is 0 Å². The number of carbonyl (C=O) groups is 1. The maximum atomic E-state index is 11.9. The molecule has 1 amide bonds. The van der Waals surface area contributed by atoms with Crippen molar-refractivity contribution < 1.29 is 14.1 Å². The molecule has 6 heteroatoms. The van der Waals surface area contributed by atoms with Gasteiger partial charge in [-0.3, -0.25) is 4.79 Å². The second-order valence-electron chi connectivity index (χ2n) is 4.28. The number of methoxy groups -OCH3 is 1. The summed E-state index contributed by atoms with van der Waals surface area (Å²) < 4.78 is 10.2. The molecule has 0 saturated heterocycles. The third-order valence-electron chi connectivity index (χ3n) is 2.85. The van der Waals surface area contributed by atoms with E-state index < -0.39 is 0 Å². The van der Waals surface area contributed by atoms with Crippen molar-refractivity contribution in [1.82, 2.24) is 10.5 Å². The first-order valence-corrected chi connectivity index (χ1v) is 6.48. The summed E-state index contributed by atoms with van der Waals surface area (Å²) in [6, 6.07) is 8.94. The van der Waals surface area contributed by atoms with Crippen LogP contribution in [0.15, 0.2) is 34.9 Å². The van der Waals surface area contributed by atoms with Crippen LogP contribution in [0.4, 0.5) is 0 Å². The standard InChI is InChI=1S/C14H15ClN2O3/c1-9-7-12(17-20-9)14(18)16-8-13(19-2)10-5-3-4-6-11(10)15/h3-7,13H,8H2,1-2H3,(H,16,18)/t13-/m0/s1. The van der Waals surface area contributed by atoms with Gasteiger partial charge in [-0.1, -0.05) is 35.0 Å². The molecule has 0 spiro atoms. The minimum absolute atomic E-state index is 0.247. The van der Waals surface area contributed by atoms with Gasteiger partial charge in [0.05, 0.1) is 0 Å². The lowest BCUT2D eigenvalue weighted by atomic mass is 10.1. The zero-order chi connectivity index (χ0) is 14.5. The molecular formula is C14H15ClN2O3. The largest absolute Gasteiger partial charge is 0.375 e. The van der Waals surface area contributed by atoms with Gasteiger partial charge in [0.25, 0.3) is 5.91 Å². The molecule has 0 fully saturated rings. The van der Waals surface area contributed by atoms with Crippen molar-refractivity contribution in [2.75, 3.05) is 13.7 Å². The van der Waals surface area contributed by atoms with Crippen LogP contribution < -0.4 is 5.32 Å². The van der Waals surface area contributed by atoms with Crippen molar-refractivity contribution >= 4 is 17.5 Å². The summed E-state index contributed by atoms with van der Waals surface area (Å²) in [4.78, 5) is 11.9. The lowest BCUT2D eigenvalue weighted by Crippen LogP contribution is -2.29. The highest BCUT2D eigenvalue weighted by atomic mass is 35.5. The number of amides is 1. The van der Waals surface area contributed by atoms with Crippen molar-refractivity contribution in [2.45, 2.75) is 13.0 Å². The highest BCUT2D eigenvalue weighted by molar-refractivity contribution is 6.31. The van der Waals surface area contributed by atoms with E-state index in [4.69, 9.17) is 20.9 Å². The highest BCUT2D eigenvalue weighted by Gasteiger charge is 2.17. The van der Waals surface area contributed by atoms with E-state index in [1.54, 1.807) is 26.2 Å². The lowest BCUT2D eigenvalue weighted by molar-refractivity contribution is 0.0821. The maximum absolute atomic E-state index is 11.9. The van der Waals surface area contributed by atoms with E-state index in [1.165, 1.54) is 0 Å². The number of ether oxygens (including phenoxy) is 1. The minimum Gasteiger partial charge on any atom is -0.375 e. The molecular weight excluding hydrogens is 280 g/mol. The number of rotatable bonds is 5. The van der Waals surface area contributed by atoms with Crippen LogP contribution in [0, 0.1) is 6.92 Å². The number of aromatic nitrogens is 1. The van der Waals surface area contributed by atoms with E-state index in [1.807, 2.05) is 18.2 Å². The number of halogens is 1. The first kappa shape index (κ1) is 14.6. The van der Waals surface area contributed by atoms with E-state index >= 15 is 0 Å². The van der Waals surface area contributed by atoms with Crippen LogP contribution in [0.25, 0.3) is 0 Å². The summed E-state index contributed by atoms with van der Waals surface area (Å²) in [6.45, 7) is 2.02. The average Bonchev–Trinajstić information content (AvgIpc) is 2.88. The zero-order valence-corrected chi connectivity index (χ0v) is 12.0. The number of hydrogen-bond donors (Lipinski definition) is 1. The Bertz CT molecular complexity index is 598. The molecule has 2 aromatic rings. The smallest absolute Gasteiger partial charge is 0.273 e. The molecule has 5 nitrogen and oxygen atoms in total. The fourth-order valence-electron chi connectivity index (χ4n) is 1.81. The van der Waals surface area contributed by atoms with E-state index in [-0.39, 0.29) is 17.7 Å². The normalized spacial score (nSPS) is 12.2. The number of benzene rings is 1. The molecule has 1 heterocycles. The number of hydrogen-bond acceptors (Lipinski definition) is 4. The van der Waals surface area contributed by atoms with Crippen LogP contribution in [0.1, 0.15) is 27.9 Å². The van der Waals surface area contributed by atoms with Crippen LogP contribution in [0.2, 0.25) is 5.02 Å². The topological polar surface area (TPSA) is 64.4 Å². The van der Waals surface area contributed by atoms with E-state index in [9.17, 15) is 4.79 Å². The van der Waals surface area contributed by atoms with Gasteiger partial charge in [-0.2, -0.15) is 0 Å². The minimum atomic E-state index is -0.319. The van der Waals surface area contributed by atoms with Gasteiger partial charge < -0.3 is 14.6 Å². The summed E-state index contributed by atoms with van der Waals surface area (Å²) >= 11 is 6.11. The molecule has 0 saturated carbocycles. The molecule has 20 heavy (non-hydrogen) atoms. The molecule has 1 aromatic heterocycles. The molecule has 1 N–H and O–H groups in total. The zero-order valence-electron chi connectivity index (χ0n) is 11.2. The molecule has 2 rings (SSSR count). The number of carbonyl (C=O) groups excluding carboxylic acids is 1. The summed E-state index contributed by atoms with van der Waals surface area (Å²) in [5, 5.41) is 7.00. The Labute approximate surface area is 121 Å². The Morgan fingerprint density at radius 2 is 2.25 bits per heavy atom. The Morgan fingerprint density at radius 1 is 1.50 bits per heavy atom. The molecule has 0 unspecified atom stereocenters. The number of nitrogens with zero attached hydrogens (tertiary/aromatic N) is 1. The molecule has 0 bridgehead atoms. The SMILES string of the molecule is CO[C@@H](CNC(=O)c1cc(C)on1)c1ccccc1Cl. The Kier molecular flexibility index (Phi) is 4.76. The lowest BCUT2D eigenvalue weighted by Gasteiger charge is -2.17. The maximum Gasteiger partial charge on any atom is 0.273 e. The Balaban J connectivity index is 2.01. The van der Waals surface area contributed by atoms with Gasteiger partial charge in [-0.25, -0.2) is 0 Å². The van der Waals surface area contributed by atoms with Gasteiger partial charge in [-0.15, -0.1) is 0 Å². The van der Waals surface area contributed by atoms with Gasteiger partial charge in [-0.05, 0) is 13.0 Å².